The molecule has 0 aromatic rings. The normalized spacial score (nSPS) is 18.4. The second kappa shape index (κ2) is 4.37. The van der Waals surface area contributed by atoms with Gasteiger partial charge in [-0.25, -0.2) is 0 Å². The second-order valence-electron chi connectivity index (χ2n) is 2.45. The number of nitrogens with two attached hydrogens (primary N) is 1. The molecular weight excluding hydrogens is 158 g/mol. The molecule has 60 valence electrons. The molecule has 1 nitrogen and oxygen atoms in total. The molecule has 0 aromatic carbocycles. The maximum atomic E-state index is 5.94. The van der Waals surface area contributed by atoms with Crippen LogP contribution in [0.5, 0.6) is 0 Å². The smallest absolute Gasteiger partial charge is 0.0410 e. The third-order valence-corrected chi connectivity index (χ3v) is 2.01. The van der Waals surface area contributed by atoms with Crippen molar-refractivity contribution in [2.75, 3.05) is 6.54 Å². The predicted molar refractivity (Wildman–Crippen MR) is 49.4 cm³/mol. The van der Waals surface area contributed by atoms with Crippen LogP contribution in [0.1, 0.15) is 12.8 Å². The molecule has 0 atom stereocenters. The van der Waals surface area contributed by atoms with E-state index in [9.17, 15) is 0 Å². The molecule has 0 radical (unpaired) electrons. The summed E-state index contributed by atoms with van der Waals surface area (Å²) in [7, 11) is 0. The van der Waals surface area contributed by atoms with Crippen LogP contribution in [0.25, 0.3) is 0 Å². The van der Waals surface area contributed by atoms with Crippen LogP contribution in [0, 0.1) is 0 Å². The summed E-state index contributed by atoms with van der Waals surface area (Å²) in [6.45, 7) is 0.514. The summed E-state index contributed by atoms with van der Waals surface area (Å²) in [5, 5.41) is 0.803. The zero-order chi connectivity index (χ0) is 8.10. The van der Waals surface area contributed by atoms with Crippen molar-refractivity contribution in [2.45, 2.75) is 12.8 Å². The van der Waals surface area contributed by atoms with E-state index >= 15 is 0 Å². The quantitative estimate of drug-likeness (QED) is 0.675. The molecule has 0 aliphatic heterocycles. The molecule has 0 bridgehead atoms. The Morgan fingerprint density at radius 2 is 2.55 bits per heavy atom. The predicted octanol–water partition coefficient (Wildman–Crippen LogP) is 2.34. The maximum Gasteiger partial charge on any atom is 0.0410 e. The van der Waals surface area contributed by atoms with Crippen LogP contribution in [0.2, 0.25) is 0 Å². The van der Waals surface area contributed by atoms with Crippen molar-refractivity contribution in [1.82, 2.24) is 0 Å². The summed E-state index contributed by atoms with van der Waals surface area (Å²) in [6.07, 6.45) is 10.2. The lowest BCUT2D eigenvalue weighted by Gasteiger charge is -2.06. The summed E-state index contributed by atoms with van der Waals surface area (Å²) < 4.78 is 0. The van der Waals surface area contributed by atoms with Gasteiger partial charge in [0.2, 0.25) is 0 Å². The Labute approximate surface area is 72.2 Å². The Bertz CT molecular complexity index is 214. The largest absolute Gasteiger partial charge is 0.327 e. The highest BCUT2D eigenvalue weighted by atomic mass is 35.5. The summed E-state index contributed by atoms with van der Waals surface area (Å²) >= 11 is 5.94. The van der Waals surface area contributed by atoms with Gasteiger partial charge in [-0.3, -0.25) is 0 Å². The molecule has 1 aliphatic rings. The van der Waals surface area contributed by atoms with Crippen LogP contribution in [0.4, 0.5) is 0 Å². The highest BCUT2D eigenvalue weighted by Crippen LogP contribution is 2.22. The Kier molecular flexibility index (Phi) is 3.40. The molecule has 0 heterocycles. The highest BCUT2D eigenvalue weighted by molar-refractivity contribution is 6.32. The first-order valence-corrected chi connectivity index (χ1v) is 4.14. The third-order valence-electron chi connectivity index (χ3n) is 1.62. The molecule has 2 N–H and O–H groups in total. The van der Waals surface area contributed by atoms with Crippen LogP contribution in [-0.2, 0) is 0 Å². The second-order valence-corrected chi connectivity index (χ2v) is 2.85. The fourth-order valence-electron chi connectivity index (χ4n) is 1.04. The topological polar surface area (TPSA) is 26.0 Å². The van der Waals surface area contributed by atoms with E-state index in [0.29, 0.717) is 6.54 Å². The van der Waals surface area contributed by atoms with Gasteiger partial charge in [-0.1, -0.05) is 35.9 Å². The van der Waals surface area contributed by atoms with Crippen molar-refractivity contribution in [3.8, 4) is 0 Å². The van der Waals surface area contributed by atoms with Crippen LogP contribution < -0.4 is 5.73 Å². The lowest BCUT2D eigenvalue weighted by atomic mass is 10.0. The van der Waals surface area contributed by atoms with Gasteiger partial charge in [0.05, 0.1) is 0 Å². The van der Waals surface area contributed by atoms with Crippen molar-refractivity contribution >= 4 is 11.6 Å². The van der Waals surface area contributed by atoms with E-state index in [4.69, 9.17) is 17.3 Å². The van der Waals surface area contributed by atoms with Crippen LogP contribution in [-0.4, -0.2) is 6.54 Å². The summed E-state index contributed by atoms with van der Waals surface area (Å²) in [5.74, 6) is 0. The average molecular weight is 170 g/mol. The van der Waals surface area contributed by atoms with Gasteiger partial charge in [0.25, 0.3) is 0 Å². The van der Waals surface area contributed by atoms with Gasteiger partial charge < -0.3 is 5.73 Å². The zero-order valence-corrected chi connectivity index (χ0v) is 7.14. The van der Waals surface area contributed by atoms with Crippen molar-refractivity contribution in [2.24, 2.45) is 5.73 Å². The van der Waals surface area contributed by atoms with Crippen molar-refractivity contribution < 1.29 is 0 Å². The molecule has 0 fully saturated rings. The lowest BCUT2D eigenvalue weighted by Crippen LogP contribution is -1.96. The minimum absolute atomic E-state index is 0.514. The third kappa shape index (κ3) is 2.52. The molecule has 0 spiro atoms. The molecule has 2 heteroatoms. The maximum absolute atomic E-state index is 5.94. The van der Waals surface area contributed by atoms with Crippen molar-refractivity contribution in [1.29, 1.82) is 0 Å². The fourth-order valence-corrected chi connectivity index (χ4v) is 1.28. The van der Waals surface area contributed by atoms with E-state index in [-0.39, 0.29) is 0 Å². The van der Waals surface area contributed by atoms with Crippen LogP contribution in [0.3, 0.4) is 0 Å². The van der Waals surface area contributed by atoms with E-state index < -0.39 is 0 Å². The van der Waals surface area contributed by atoms with Gasteiger partial charge in [0.15, 0.2) is 0 Å². The van der Waals surface area contributed by atoms with E-state index in [2.05, 4.69) is 6.08 Å². The van der Waals surface area contributed by atoms with Crippen molar-refractivity contribution in [3.05, 3.63) is 34.9 Å². The summed E-state index contributed by atoms with van der Waals surface area (Å²) in [4.78, 5) is 0. The van der Waals surface area contributed by atoms with Gasteiger partial charge in [-0.2, -0.15) is 0 Å². The first-order valence-electron chi connectivity index (χ1n) is 3.76. The van der Waals surface area contributed by atoms with Gasteiger partial charge in [0, 0.05) is 11.6 Å². The van der Waals surface area contributed by atoms with E-state index in [0.717, 1.165) is 17.9 Å². The van der Waals surface area contributed by atoms with Gasteiger partial charge in [-0.15, -0.1) is 0 Å². The molecule has 0 saturated heterocycles. The number of halogens is 1. The van der Waals surface area contributed by atoms with E-state index in [1.165, 1.54) is 5.57 Å². The van der Waals surface area contributed by atoms with Gasteiger partial charge in [0.1, 0.15) is 0 Å². The van der Waals surface area contributed by atoms with Gasteiger partial charge >= 0.3 is 0 Å². The molecule has 0 aromatic heterocycles. The minimum Gasteiger partial charge on any atom is -0.327 e. The number of rotatable bonds is 2. The SMILES string of the molecule is NC/C=C(/Cl)C1=CC=CCC1. The fraction of sp³-hybridized carbons (Fsp3) is 0.333. The Morgan fingerprint density at radius 1 is 1.73 bits per heavy atom. The molecule has 0 saturated carbocycles. The van der Waals surface area contributed by atoms with Crippen LogP contribution in [0.15, 0.2) is 34.9 Å². The summed E-state index contributed by atoms with van der Waals surface area (Å²) in [5.41, 5.74) is 6.52. The minimum atomic E-state index is 0.514. The lowest BCUT2D eigenvalue weighted by molar-refractivity contribution is 0.983. The Morgan fingerprint density at radius 3 is 3.09 bits per heavy atom. The first kappa shape index (κ1) is 8.57. The van der Waals surface area contributed by atoms with E-state index in [1.54, 1.807) is 0 Å². The molecule has 1 aliphatic carbocycles. The molecular formula is C9H12ClN. The summed E-state index contributed by atoms with van der Waals surface area (Å²) in [6, 6.07) is 0. The monoisotopic (exact) mass is 169 g/mol. The molecule has 0 amide bonds. The number of allylic oxidation sites excluding steroid dienone is 5. The average Bonchev–Trinajstić information content (AvgIpc) is 2.07. The van der Waals surface area contributed by atoms with Gasteiger partial charge in [-0.05, 0) is 18.4 Å². The van der Waals surface area contributed by atoms with Crippen molar-refractivity contribution in [3.63, 3.8) is 0 Å². The Hall–Kier alpha value is -0.530. The number of hydrogen-bond acceptors (Lipinski definition) is 1. The standard InChI is InChI=1S/C9H12ClN/c10-9(6-7-11)8-4-2-1-3-5-8/h1-2,4,6H,3,5,7,11H2/b9-6+. The molecule has 1 rings (SSSR count). The highest BCUT2D eigenvalue weighted by Gasteiger charge is 2.01. The van der Waals surface area contributed by atoms with Crippen LogP contribution >= 0.6 is 11.6 Å². The Balaban J connectivity index is 2.66. The first-order chi connectivity index (χ1) is 5.34. The molecule has 11 heavy (non-hydrogen) atoms. The number of hydrogen-bond donors (Lipinski definition) is 1. The molecule has 0 unspecified atom stereocenters. The van der Waals surface area contributed by atoms with E-state index in [1.807, 2.05) is 18.2 Å². The zero-order valence-electron chi connectivity index (χ0n) is 6.39.